The standard InChI is InChI=1S/C18H35NO2/c1-3-4-5-6-7-8-9-14-19(2)17-10-12-18(13-11-17)20-15-16-21-18/h17H,3-16H2,1-2H3. The number of unbranched alkanes of at least 4 members (excludes halogenated alkanes) is 6. The minimum Gasteiger partial charge on any atom is -0.348 e. The summed E-state index contributed by atoms with van der Waals surface area (Å²) < 4.78 is 11.6. The molecule has 0 amide bonds. The van der Waals surface area contributed by atoms with Crippen molar-refractivity contribution in [2.24, 2.45) is 0 Å². The Balaban J connectivity index is 1.52. The van der Waals surface area contributed by atoms with Crippen molar-refractivity contribution in [1.29, 1.82) is 0 Å². The van der Waals surface area contributed by atoms with E-state index in [1.54, 1.807) is 0 Å². The van der Waals surface area contributed by atoms with E-state index >= 15 is 0 Å². The molecule has 0 bridgehead atoms. The molecule has 3 heteroatoms. The topological polar surface area (TPSA) is 21.7 Å². The summed E-state index contributed by atoms with van der Waals surface area (Å²) in [5, 5.41) is 0. The van der Waals surface area contributed by atoms with E-state index in [0.29, 0.717) is 0 Å². The summed E-state index contributed by atoms with van der Waals surface area (Å²) in [6, 6.07) is 0.739. The number of ether oxygens (including phenoxy) is 2. The molecule has 0 aromatic heterocycles. The summed E-state index contributed by atoms with van der Waals surface area (Å²) in [7, 11) is 2.30. The Hall–Kier alpha value is -0.120. The first-order chi connectivity index (χ1) is 10.3. The van der Waals surface area contributed by atoms with E-state index in [4.69, 9.17) is 9.47 Å². The lowest BCUT2D eigenvalue weighted by Crippen LogP contribution is -2.43. The highest BCUT2D eigenvalue weighted by atomic mass is 16.7. The van der Waals surface area contributed by atoms with Crippen LogP contribution in [0, 0.1) is 0 Å². The summed E-state index contributed by atoms with van der Waals surface area (Å²) in [4.78, 5) is 2.58. The third-order valence-corrected chi connectivity index (χ3v) is 5.27. The maximum absolute atomic E-state index is 5.81. The molecule has 0 N–H and O–H groups in total. The molecule has 1 saturated carbocycles. The van der Waals surface area contributed by atoms with Crippen LogP contribution in [0.5, 0.6) is 0 Å². The van der Waals surface area contributed by atoms with Crippen molar-refractivity contribution in [3.63, 3.8) is 0 Å². The molecule has 21 heavy (non-hydrogen) atoms. The fourth-order valence-corrected chi connectivity index (χ4v) is 3.77. The van der Waals surface area contributed by atoms with Gasteiger partial charge in [-0.1, -0.05) is 45.4 Å². The molecule has 2 rings (SSSR count). The second kappa shape index (κ2) is 9.12. The van der Waals surface area contributed by atoms with E-state index in [9.17, 15) is 0 Å². The van der Waals surface area contributed by atoms with E-state index in [1.165, 1.54) is 64.3 Å². The van der Waals surface area contributed by atoms with E-state index in [0.717, 1.165) is 32.1 Å². The van der Waals surface area contributed by atoms with E-state index in [-0.39, 0.29) is 5.79 Å². The molecule has 0 unspecified atom stereocenters. The highest BCUT2D eigenvalue weighted by Gasteiger charge is 2.40. The Bertz CT molecular complexity index is 266. The number of hydrogen-bond donors (Lipinski definition) is 0. The summed E-state index contributed by atoms with van der Waals surface area (Å²) in [5.41, 5.74) is 0. The fraction of sp³-hybridized carbons (Fsp3) is 1.00. The molecule has 0 radical (unpaired) electrons. The highest BCUT2D eigenvalue weighted by Crippen LogP contribution is 2.37. The Kier molecular flexibility index (Phi) is 7.48. The van der Waals surface area contributed by atoms with Gasteiger partial charge in [0.2, 0.25) is 0 Å². The molecule has 1 aliphatic carbocycles. The van der Waals surface area contributed by atoms with Crippen molar-refractivity contribution in [3.8, 4) is 0 Å². The number of nitrogens with zero attached hydrogens (tertiary/aromatic N) is 1. The number of hydrogen-bond acceptors (Lipinski definition) is 3. The van der Waals surface area contributed by atoms with Crippen LogP contribution >= 0.6 is 0 Å². The van der Waals surface area contributed by atoms with E-state index in [1.807, 2.05) is 0 Å². The molecule has 124 valence electrons. The first-order valence-corrected chi connectivity index (χ1v) is 9.24. The van der Waals surface area contributed by atoms with Crippen LogP contribution in [0.1, 0.15) is 77.6 Å². The Morgan fingerprint density at radius 2 is 1.48 bits per heavy atom. The van der Waals surface area contributed by atoms with Crippen molar-refractivity contribution >= 4 is 0 Å². The summed E-state index contributed by atoms with van der Waals surface area (Å²) in [5.74, 6) is -0.198. The summed E-state index contributed by atoms with van der Waals surface area (Å²) >= 11 is 0. The maximum Gasteiger partial charge on any atom is 0.168 e. The second-order valence-electron chi connectivity index (χ2n) is 6.94. The third-order valence-electron chi connectivity index (χ3n) is 5.27. The third kappa shape index (κ3) is 5.54. The van der Waals surface area contributed by atoms with Gasteiger partial charge in [-0.25, -0.2) is 0 Å². The molecular weight excluding hydrogens is 262 g/mol. The molecule has 3 nitrogen and oxygen atoms in total. The van der Waals surface area contributed by atoms with E-state index < -0.39 is 0 Å². The van der Waals surface area contributed by atoms with Gasteiger partial charge >= 0.3 is 0 Å². The van der Waals surface area contributed by atoms with Crippen molar-refractivity contribution < 1.29 is 9.47 Å². The van der Waals surface area contributed by atoms with Crippen LogP contribution in [0.4, 0.5) is 0 Å². The lowest BCUT2D eigenvalue weighted by atomic mass is 9.89. The van der Waals surface area contributed by atoms with Crippen LogP contribution in [0.3, 0.4) is 0 Å². The zero-order valence-corrected chi connectivity index (χ0v) is 14.2. The molecule has 1 heterocycles. The van der Waals surface area contributed by atoms with Gasteiger partial charge in [-0.3, -0.25) is 0 Å². The first kappa shape index (κ1) is 17.2. The van der Waals surface area contributed by atoms with Gasteiger partial charge < -0.3 is 14.4 Å². The van der Waals surface area contributed by atoms with Crippen LogP contribution in [0.25, 0.3) is 0 Å². The lowest BCUT2D eigenvalue weighted by molar-refractivity contribution is -0.183. The molecule has 0 atom stereocenters. The van der Waals surface area contributed by atoms with Crippen molar-refractivity contribution in [1.82, 2.24) is 4.90 Å². The van der Waals surface area contributed by atoms with E-state index in [2.05, 4.69) is 18.9 Å². The van der Waals surface area contributed by atoms with Gasteiger partial charge in [-0.15, -0.1) is 0 Å². The molecule has 0 aromatic carbocycles. The molecule has 2 aliphatic rings. The number of rotatable bonds is 9. The minimum atomic E-state index is -0.198. The minimum absolute atomic E-state index is 0.198. The van der Waals surface area contributed by atoms with Gasteiger partial charge in [0.1, 0.15) is 0 Å². The average molecular weight is 297 g/mol. The molecule has 2 fully saturated rings. The molecule has 1 spiro atoms. The van der Waals surface area contributed by atoms with Gasteiger partial charge in [-0.2, -0.15) is 0 Å². The SMILES string of the molecule is CCCCCCCCCN(C)C1CCC2(CC1)OCCO2. The smallest absolute Gasteiger partial charge is 0.168 e. The van der Waals surface area contributed by atoms with Gasteiger partial charge in [0.25, 0.3) is 0 Å². The quantitative estimate of drug-likeness (QED) is 0.590. The van der Waals surface area contributed by atoms with Crippen molar-refractivity contribution in [2.45, 2.75) is 89.4 Å². The summed E-state index contributed by atoms with van der Waals surface area (Å²) in [6.45, 7) is 5.12. The van der Waals surface area contributed by atoms with Crippen molar-refractivity contribution in [3.05, 3.63) is 0 Å². The van der Waals surface area contributed by atoms with Crippen LogP contribution in [0.15, 0.2) is 0 Å². The summed E-state index contributed by atoms with van der Waals surface area (Å²) in [6.07, 6.45) is 14.4. The predicted octanol–water partition coefficient (Wildman–Crippen LogP) is 4.35. The van der Waals surface area contributed by atoms with Crippen LogP contribution < -0.4 is 0 Å². The fourth-order valence-electron chi connectivity index (χ4n) is 3.77. The average Bonchev–Trinajstić information content (AvgIpc) is 2.95. The van der Waals surface area contributed by atoms with Crippen LogP contribution in [-0.4, -0.2) is 43.5 Å². The van der Waals surface area contributed by atoms with Crippen LogP contribution in [-0.2, 0) is 9.47 Å². The lowest BCUT2D eigenvalue weighted by Gasteiger charge is -2.39. The zero-order chi connectivity index (χ0) is 15.0. The van der Waals surface area contributed by atoms with Gasteiger partial charge in [0, 0.05) is 18.9 Å². The van der Waals surface area contributed by atoms with Gasteiger partial charge in [0.05, 0.1) is 13.2 Å². The van der Waals surface area contributed by atoms with Crippen molar-refractivity contribution in [2.75, 3.05) is 26.8 Å². The van der Waals surface area contributed by atoms with Gasteiger partial charge in [-0.05, 0) is 32.9 Å². The predicted molar refractivity (Wildman–Crippen MR) is 87.5 cm³/mol. The zero-order valence-electron chi connectivity index (χ0n) is 14.2. The normalized spacial score (nSPS) is 22.4. The Labute approximate surface area is 131 Å². The maximum atomic E-state index is 5.81. The largest absolute Gasteiger partial charge is 0.348 e. The molecular formula is C18H35NO2. The Morgan fingerprint density at radius 3 is 2.10 bits per heavy atom. The monoisotopic (exact) mass is 297 g/mol. The second-order valence-corrected chi connectivity index (χ2v) is 6.94. The first-order valence-electron chi connectivity index (χ1n) is 9.24. The molecule has 1 aliphatic heterocycles. The molecule has 0 aromatic rings. The highest BCUT2D eigenvalue weighted by molar-refractivity contribution is 4.85. The Morgan fingerprint density at radius 1 is 0.905 bits per heavy atom. The van der Waals surface area contributed by atoms with Crippen LogP contribution in [0.2, 0.25) is 0 Å². The molecule has 1 saturated heterocycles. The van der Waals surface area contributed by atoms with Gasteiger partial charge in [0.15, 0.2) is 5.79 Å².